The predicted octanol–water partition coefficient (Wildman–Crippen LogP) is 2.62. The second-order valence-electron chi connectivity index (χ2n) is 3.63. The zero-order valence-electron chi connectivity index (χ0n) is 10.1. The lowest BCUT2D eigenvalue weighted by atomic mass is 10.3. The quantitative estimate of drug-likeness (QED) is 0.362. The molecule has 0 saturated heterocycles. The molecule has 112 valence electrons. The average molecular weight is 316 g/mol. The van der Waals surface area contributed by atoms with Crippen molar-refractivity contribution in [2.45, 2.75) is 24.2 Å². The first-order valence-electron chi connectivity index (χ1n) is 5.14. The van der Waals surface area contributed by atoms with Crippen molar-refractivity contribution in [3.8, 4) is 0 Å². The molecule has 0 fully saturated rings. The van der Waals surface area contributed by atoms with Crippen molar-refractivity contribution in [1.29, 1.82) is 0 Å². The van der Waals surface area contributed by atoms with Crippen LogP contribution in [-0.4, -0.2) is 40.4 Å². The predicted molar refractivity (Wildman–Crippen MR) is 59.5 cm³/mol. The fourth-order valence-corrected chi connectivity index (χ4v) is 1.59. The third-order valence-corrected chi connectivity index (χ3v) is 2.76. The molecule has 0 amide bonds. The summed E-state index contributed by atoms with van der Waals surface area (Å²) in [6, 6.07) is 1.60. The maximum atomic E-state index is 12.5. The molecular weight excluding hydrogens is 307 g/mol. The number of rotatable bonds is 5. The first kappa shape index (κ1) is 16.6. The molecule has 1 rings (SSSR count). The summed E-state index contributed by atoms with van der Waals surface area (Å²) in [5.74, 6) is -6.73. The molecule has 0 N–H and O–H groups in total. The van der Waals surface area contributed by atoms with Gasteiger partial charge in [0, 0.05) is 11.9 Å². The summed E-state index contributed by atoms with van der Waals surface area (Å²) in [5, 5.41) is 0.199. The van der Waals surface area contributed by atoms with Crippen LogP contribution in [0.25, 0.3) is 0 Å². The second kappa shape index (κ2) is 6.33. The highest BCUT2D eigenvalue weighted by Crippen LogP contribution is 2.35. The number of hydrogen-bond donors (Lipinski definition) is 0. The molecule has 0 bridgehead atoms. The first-order valence-corrected chi connectivity index (χ1v) is 6.13. The number of esters is 1. The number of ether oxygens (including phenoxy) is 1. The van der Waals surface area contributed by atoms with Gasteiger partial charge in [-0.15, -0.1) is 0 Å². The molecule has 0 aromatic carbocycles. The van der Waals surface area contributed by atoms with Crippen molar-refractivity contribution < 1.29 is 31.5 Å². The third-order valence-electron chi connectivity index (χ3n) is 1.92. The Kier molecular flexibility index (Phi) is 5.26. The molecule has 0 aliphatic carbocycles. The van der Waals surface area contributed by atoms with E-state index in [9.17, 15) is 26.7 Å². The molecule has 0 unspecified atom stereocenters. The van der Waals surface area contributed by atoms with Crippen LogP contribution in [0.1, 0.15) is 5.69 Å². The minimum absolute atomic E-state index is 0.199. The van der Waals surface area contributed by atoms with Gasteiger partial charge in [0.2, 0.25) is 0 Å². The van der Waals surface area contributed by atoms with Crippen molar-refractivity contribution in [1.82, 2.24) is 9.97 Å². The number of carbonyl (C=O) groups is 1. The summed E-state index contributed by atoms with van der Waals surface area (Å²) in [6.07, 6.45) is -4.33. The van der Waals surface area contributed by atoms with E-state index in [0.717, 1.165) is 11.8 Å². The summed E-state index contributed by atoms with van der Waals surface area (Å²) in [4.78, 5) is 18.8. The van der Waals surface area contributed by atoms with Crippen LogP contribution in [0.5, 0.6) is 0 Å². The van der Waals surface area contributed by atoms with Gasteiger partial charge in [-0.25, -0.2) is 9.97 Å². The van der Waals surface area contributed by atoms with Crippen LogP contribution in [-0.2, 0) is 9.53 Å². The Labute approximate surface area is 114 Å². The summed E-state index contributed by atoms with van der Waals surface area (Å²) in [7, 11) is 0. The highest BCUT2D eigenvalue weighted by molar-refractivity contribution is 7.99. The Hall–Kier alpha value is -1.45. The Morgan fingerprint density at radius 1 is 1.35 bits per heavy atom. The average Bonchev–Trinajstić information content (AvgIpc) is 2.33. The summed E-state index contributed by atoms with van der Waals surface area (Å²) in [5.41, 5.74) is 0.625. The molecule has 0 atom stereocenters. The minimum atomic E-state index is -5.75. The van der Waals surface area contributed by atoms with Crippen LogP contribution in [0.4, 0.5) is 22.0 Å². The number of aryl methyl sites for hydroxylation is 1. The molecular formula is C10H9F5N2O2S. The smallest absolute Gasteiger partial charge is 0.456 e. The zero-order valence-corrected chi connectivity index (χ0v) is 10.9. The number of nitrogens with zero attached hydrogens (tertiary/aromatic N) is 2. The molecule has 0 spiro atoms. The summed E-state index contributed by atoms with van der Waals surface area (Å²) < 4.78 is 64.3. The zero-order chi connectivity index (χ0) is 15.4. The van der Waals surface area contributed by atoms with E-state index in [4.69, 9.17) is 0 Å². The number of carbonyl (C=O) groups excluding carboxylic acids is 1. The second-order valence-corrected chi connectivity index (χ2v) is 4.57. The number of aromatic nitrogens is 2. The molecule has 10 heteroatoms. The lowest BCUT2D eigenvalue weighted by Crippen LogP contribution is -2.41. The van der Waals surface area contributed by atoms with E-state index >= 15 is 0 Å². The fraction of sp³-hybridized carbons (Fsp3) is 0.500. The van der Waals surface area contributed by atoms with E-state index in [0.29, 0.717) is 5.69 Å². The molecule has 20 heavy (non-hydrogen) atoms. The van der Waals surface area contributed by atoms with Gasteiger partial charge in [-0.2, -0.15) is 22.0 Å². The SMILES string of the molecule is Cc1ccnc(SCC(=O)OCC(F)(F)C(F)(F)F)n1. The van der Waals surface area contributed by atoms with Crippen LogP contribution in [0.2, 0.25) is 0 Å². The van der Waals surface area contributed by atoms with Gasteiger partial charge in [-0.1, -0.05) is 11.8 Å². The van der Waals surface area contributed by atoms with Crippen LogP contribution < -0.4 is 0 Å². The summed E-state index contributed by atoms with van der Waals surface area (Å²) >= 11 is 0.778. The van der Waals surface area contributed by atoms with Gasteiger partial charge in [0.15, 0.2) is 11.8 Å². The highest BCUT2D eigenvalue weighted by Gasteiger charge is 2.58. The van der Waals surface area contributed by atoms with Gasteiger partial charge in [0.25, 0.3) is 0 Å². The Balaban J connectivity index is 2.42. The normalized spacial score (nSPS) is 12.3. The Bertz CT molecular complexity index is 481. The van der Waals surface area contributed by atoms with Crippen LogP contribution in [0, 0.1) is 6.92 Å². The molecule has 0 radical (unpaired) electrons. The minimum Gasteiger partial charge on any atom is -0.458 e. The molecule has 1 aromatic rings. The number of alkyl halides is 5. The number of thioether (sulfide) groups is 1. The largest absolute Gasteiger partial charge is 0.458 e. The Morgan fingerprint density at radius 2 is 2.00 bits per heavy atom. The molecule has 0 aliphatic rings. The van der Waals surface area contributed by atoms with Crippen LogP contribution >= 0.6 is 11.8 Å². The van der Waals surface area contributed by atoms with Crippen LogP contribution in [0.15, 0.2) is 17.4 Å². The molecule has 1 aromatic heterocycles. The monoisotopic (exact) mass is 316 g/mol. The number of hydrogen-bond acceptors (Lipinski definition) is 5. The van der Waals surface area contributed by atoms with E-state index in [1.807, 2.05) is 0 Å². The van der Waals surface area contributed by atoms with Crippen molar-refractivity contribution in [2.75, 3.05) is 12.4 Å². The maximum Gasteiger partial charge on any atom is 0.456 e. The standard InChI is InChI=1S/C10H9F5N2O2S/c1-6-2-3-16-8(17-6)20-4-7(18)19-5-9(11,12)10(13,14)15/h2-3H,4-5H2,1H3. The summed E-state index contributed by atoms with van der Waals surface area (Å²) in [6.45, 7) is -0.363. The highest BCUT2D eigenvalue weighted by atomic mass is 32.2. The number of halogens is 5. The van der Waals surface area contributed by atoms with E-state index in [1.54, 1.807) is 13.0 Å². The van der Waals surface area contributed by atoms with E-state index in [1.165, 1.54) is 6.20 Å². The Morgan fingerprint density at radius 3 is 2.55 bits per heavy atom. The van der Waals surface area contributed by atoms with Gasteiger partial charge in [-0.3, -0.25) is 4.79 Å². The van der Waals surface area contributed by atoms with E-state index in [2.05, 4.69) is 14.7 Å². The first-order chi connectivity index (χ1) is 9.12. The lowest BCUT2D eigenvalue weighted by molar-refractivity contribution is -0.293. The van der Waals surface area contributed by atoms with Gasteiger partial charge in [0.1, 0.15) is 0 Å². The molecule has 0 aliphatic heterocycles. The van der Waals surface area contributed by atoms with Gasteiger partial charge >= 0.3 is 18.1 Å². The topological polar surface area (TPSA) is 52.1 Å². The van der Waals surface area contributed by atoms with E-state index in [-0.39, 0.29) is 5.16 Å². The molecule has 0 saturated carbocycles. The van der Waals surface area contributed by atoms with Gasteiger partial charge in [0.05, 0.1) is 5.75 Å². The molecule has 4 nitrogen and oxygen atoms in total. The van der Waals surface area contributed by atoms with Gasteiger partial charge < -0.3 is 4.74 Å². The van der Waals surface area contributed by atoms with Crippen molar-refractivity contribution in [2.24, 2.45) is 0 Å². The van der Waals surface area contributed by atoms with Crippen LogP contribution in [0.3, 0.4) is 0 Å². The van der Waals surface area contributed by atoms with Crippen molar-refractivity contribution in [3.63, 3.8) is 0 Å². The van der Waals surface area contributed by atoms with Crippen molar-refractivity contribution in [3.05, 3.63) is 18.0 Å². The van der Waals surface area contributed by atoms with Crippen molar-refractivity contribution >= 4 is 17.7 Å². The maximum absolute atomic E-state index is 12.5. The fourth-order valence-electron chi connectivity index (χ4n) is 0.914. The van der Waals surface area contributed by atoms with E-state index < -0.39 is 30.4 Å². The third kappa shape index (κ3) is 4.91. The molecule has 1 heterocycles. The lowest BCUT2D eigenvalue weighted by Gasteiger charge is -2.18. The van der Waals surface area contributed by atoms with Gasteiger partial charge in [-0.05, 0) is 13.0 Å².